The summed E-state index contributed by atoms with van der Waals surface area (Å²) < 4.78 is 62.6. The molecule has 0 amide bonds. The van der Waals surface area contributed by atoms with Crippen molar-refractivity contribution in [1.29, 1.82) is 0 Å². The molecule has 31 heavy (non-hydrogen) atoms. The molecule has 0 saturated heterocycles. The molecule has 0 saturated carbocycles. The zero-order chi connectivity index (χ0) is 24.0. The van der Waals surface area contributed by atoms with Crippen molar-refractivity contribution in [3.05, 3.63) is 24.3 Å². The van der Waals surface area contributed by atoms with E-state index in [1.165, 1.54) is 82.0 Å². The van der Waals surface area contributed by atoms with Crippen LogP contribution in [0.15, 0.2) is 34.1 Å². The minimum atomic E-state index is -4.71. The van der Waals surface area contributed by atoms with Gasteiger partial charge in [-0.1, -0.05) is 59.4 Å². The highest BCUT2D eigenvalue weighted by atomic mass is 32.2. The average molecular weight is 480 g/mol. The summed E-state index contributed by atoms with van der Waals surface area (Å²) in [5, 5.41) is 0. The Balaban J connectivity index is 0.000000590. The van der Waals surface area contributed by atoms with Crippen LogP contribution in [0.4, 0.5) is 0 Å². The van der Waals surface area contributed by atoms with E-state index in [-0.39, 0.29) is 0 Å². The zero-order valence-electron chi connectivity index (χ0n) is 19.5. The van der Waals surface area contributed by atoms with E-state index in [0.717, 1.165) is 18.2 Å². The van der Waals surface area contributed by atoms with Gasteiger partial charge in [-0.05, 0) is 43.9 Å². The minimum absolute atomic E-state index is 0.595. The first-order chi connectivity index (χ1) is 14.5. The monoisotopic (exact) mass is 479 g/mol. The highest BCUT2D eigenvalue weighted by molar-refractivity contribution is 7.86. The molecule has 1 aromatic carbocycles. The van der Waals surface area contributed by atoms with Crippen LogP contribution in [0, 0.1) is 0 Å². The highest BCUT2D eigenvalue weighted by Gasteiger charge is 2.24. The Morgan fingerprint density at radius 2 is 1.10 bits per heavy atom. The largest absolute Gasteiger partial charge is 0.744 e. The van der Waals surface area contributed by atoms with Crippen LogP contribution < -0.4 is 0 Å². The van der Waals surface area contributed by atoms with Crippen LogP contribution in [0.5, 0.6) is 0 Å². The maximum Gasteiger partial charge on any atom is 0.294 e. The summed E-state index contributed by atoms with van der Waals surface area (Å²) in [5.74, 6) is 0. The second-order valence-corrected chi connectivity index (χ2v) is 10.9. The van der Waals surface area contributed by atoms with Crippen molar-refractivity contribution >= 4 is 20.2 Å². The van der Waals surface area contributed by atoms with E-state index in [1.807, 2.05) is 0 Å². The Bertz CT molecular complexity index is 737. The van der Waals surface area contributed by atoms with Crippen molar-refractivity contribution < 1.29 is 30.4 Å². The first-order valence-corrected chi connectivity index (χ1v) is 14.2. The number of nitrogens with zero attached hydrogens (tertiary/aromatic N) is 1. The quantitative estimate of drug-likeness (QED) is 0.302. The van der Waals surface area contributed by atoms with Crippen LogP contribution in [0.1, 0.15) is 79.1 Å². The van der Waals surface area contributed by atoms with Gasteiger partial charge in [-0.2, -0.15) is 8.42 Å². The molecule has 0 aliphatic rings. The summed E-state index contributed by atoms with van der Waals surface area (Å²) in [4.78, 5) is -1.33. The molecule has 0 radical (unpaired) electrons. The molecule has 0 aliphatic heterocycles. The smallest absolute Gasteiger partial charge is 0.294 e. The lowest BCUT2D eigenvalue weighted by molar-refractivity contribution is -0.929. The SMILES string of the molecule is CCCC[N+](CCCC)(CCCC)CCCC.O=S(=O)([O-])c1cccc(S(=O)(=O)O)c1. The zero-order valence-corrected chi connectivity index (χ0v) is 21.2. The molecule has 0 aromatic heterocycles. The Hall–Kier alpha value is -1.00. The van der Waals surface area contributed by atoms with E-state index in [2.05, 4.69) is 27.7 Å². The van der Waals surface area contributed by atoms with Crippen LogP contribution in [-0.4, -0.2) is 56.6 Å². The molecular weight excluding hydrogens is 438 g/mol. The summed E-state index contributed by atoms with van der Waals surface area (Å²) in [5.41, 5.74) is 0. The van der Waals surface area contributed by atoms with Gasteiger partial charge in [0.25, 0.3) is 10.1 Å². The predicted octanol–water partition coefficient (Wildman–Crippen LogP) is 4.84. The molecule has 0 unspecified atom stereocenters. The van der Waals surface area contributed by atoms with Gasteiger partial charge < -0.3 is 9.04 Å². The normalized spacial score (nSPS) is 12.3. The van der Waals surface area contributed by atoms with Crippen molar-refractivity contribution in [2.24, 2.45) is 0 Å². The molecule has 0 fully saturated rings. The topological polar surface area (TPSA) is 112 Å². The summed E-state index contributed by atoms with van der Waals surface area (Å²) in [7, 11) is -9.20. The Morgan fingerprint density at radius 3 is 1.39 bits per heavy atom. The van der Waals surface area contributed by atoms with Gasteiger partial charge in [0, 0.05) is 0 Å². The fourth-order valence-corrected chi connectivity index (χ4v) is 4.55. The van der Waals surface area contributed by atoms with E-state index >= 15 is 0 Å². The minimum Gasteiger partial charge on any atom is -0.744 e. The summed E-state index contributed by atoms with van der Waals surface area (Å²) >= 11 is 0. The molecule has 0 atom stereocenters. The van der Waals surface area contributed by atoms with E-state index in [9.17, 15) is 21.4 Å². The summed E-state index contributed by atoms with van der Waals surface area (Å²) in [6.45, 7) is 15.0. The van der Waals surface area contributed by atoms with Crippen LogP contribution >= 0.6 is 0 Å². The van der Waals surface area contributed by atoms with E-state index < -0.39 is 30.0 Å². The molecule has 1 aromatic rings. The van der Waals surface area contributed by atoms with Gasteiger partial charge in [0.05, 0.1) is 36.0 Å². The van der Waals surface area contributed by atoms with Crippen LogP contribution in [0.3, 0.4) is 0 Å². The lowest BCUT2D eigenvalue weighted by atomic mass is 10.1. The Kier molecular flexibility index (Phi) is 14.5. The van der Waals surface area contributed by atoms with Crippen molar-refractivity contribution in [3.8, 4) is 0 Å². The number of benzene rings is 1. The third-order valence-electron chi connectivity index (χ3n) is 5.34. The number of hydrogen-bond acceptors (Lipinski definition) is 5. The molecular formula is C22H41NO6S2. The van der Waals surface area contributed by atoms with Crippen LogP contribution in [0.25, 0.3) is 0 Å². The van der Waals surface area contributed by atoms with Crippen LogP contribution in [0.2, 0.25) is 0 Å². The highest BCUT2D eigenvalue weighted by Crippen LogP contribution is 2.17. The van der Waals surface area contributed by atoms with E-state index in [0.29, 0.717) is 6.07 Å². The maximum absolute atomic E-state index is 10.6. The second kappa shape index (κ2) is 14.9. The second-order valence-electron chi connectivity index (χ2n) is 8.05. The van der Waals surface area contributed by atoms with Gasteiger partial charge in [0.15, 0.2) is 0 Å². The number of quaternary nitrogens is 1. The fourth-order valence-electron chi connectivity index (χ4n) is 3.44. The predicted molar refractivity (Wildman–Crippen MR) is 124 cm³/mol. The van der Waals surface area contributed by atoms with Gasteiger partial charge in [-0.3, -0.25) is 4.55 Å². The van der Waals surface area contributed by atoms with Gasteiger partial charge in [0.2, 0.25) is 0 Å². The number of unbranched alkanes of at least 4 members (excludes halogenated alkanes) is 4. The first kappa shape index (κ1) is 30.0. The Morgan fingerprint density at radius 1 is 0.742 bits per heavy atom. The lowest BCUT2D eigenvalue weighted by Gasteiger charge is -2.39. The first-order valence-electron chi connectivity index (χ1n) is 11.3. The molecule has 182 valence electrons. The third-order valence-corrected chi connectivity index (χ3v) is 7.02. The fraction of sp³-hybridized carbons (Fsp3) is 0.727. The summed E-state index contributed by atoms with van der Waals surface area (Å²) in [6, 6.07) is 3.56. The van der Waals surface area contributed by atoms with Gasteiger partial charge in [-0.25, -0.2) is 8.42 Å². The molecule has 0 heterocycles. The van der Waals surface area contributed by atoms with Crippen molar-refractivity contribution in [2.75, 3.05) is 26.2 Å². The van der Waals surface area contributed by atoms with Crippen molar-refractivity contribution in [1.82, 2.24) is 0 Å². The average Bonchev–Trinajstić information content (AvgIpc) is 2.72. The maximum atomic E-state index is 10.6. The van der Waals surface area contributed by atoms with E-state index in [1.54, 1.807) is 0 Å². The summed E-state index contributed by atoms with van der Waals surface area (Å²) in [6.07, 6.45) is 11.1. The molecule has 7 nitrogen and oxygen atoms in total. The number of rotatable bonds is 14. The Labute approximate surface area is 190 Å². The van der Waals surface area contributed by atoms with Crippen molar-refractivity contribution in [3.63, 3.8) is 0 Å². The molecule has 9 heteroatoms. The molecule has 1 rings (SSSR count). The lowest BCUT2D eigenvalue weighted by Crippen LogP contribution is -2.50. The van der Waals surface area contributed by atoms with E-state index in [4.69, 9.17) is 4.55 Å². The standard InChI is InChI=1S/C16H36N.C6H6O6S2/c1-5-9-13-17(14-10-6-2,15-11-7-3)16-12-8-4;7-13(8,9)5-2-1-3-6(4-5)14(10,11)12/h5-16H2,1-4H3;1-4H,(H,7,8,9)(H,10,11,12)/q+1;/p-1. The van der Waals surface area contributed by atoms with Crippen LogP contribution in [-0.2, 0) is 20.2 Å². The van der Waals surface area contributed by atoms with Crippen molar-refractivity contribution in [2.45, 2.75) is 88.9 Å². The third kappa shape index (κ3) is 12.6. The van der Waals surface area contributed by atoms with Gasteiger partial charge >= 0.3 is 0 Å². The number of hydrogen-bond donors (Lipinski definition) is 1. The molecule has 0 aliphatic carbocycles. The molecule has 0 bridgehead atoms. The molecule has 1 N–H and O–H groups in total. The van der Waals surface area contributed by atoms with Gasteiger partial charge in [-0.15, -0.1) is 0 Å². The van der Waals surface area contributed by atoms with Gasteiger partial charge in [0.1, 0.15) is 10.1 Å². The molecule has 0 spiro atoms.